The molecule has 1 rings (SSSR count). The Bertz CT molecular complexity index is 219. The summed E-state index contributed by atoms with van der Waals surface area (Å²) in [6, 6.07) is 0. The highest BCUT2D eigenvalue weighted by atomic mass is 16.3. The summed E-state index contributed by atoms with van der Waals surface area (Å²) >= 11 is 0. The first-order valence-electron chi connectivity index (χ1n) is 4.25. The van der Waals surface area contributed by atoms with Crippen molar-refractivity contribution in [2.24, 2.45) is 0 Å². The fourth-order valence-corrected chi connectivity index (χ4v) is 1.99. The quantitative estimate of drug-likeness (QED) is 0.519. The Hall–Kier alpha value is -0.730. The zero-order chi connectivity index (χ0) is 9.57. The monoisotopic (exact) mass is 170 g/mol. The molecule has 0 saturated carbocycles. The molecule has 1 fully saturated rings. The number of hydrogen-bond donors (Lipinski definition) is 0. The minimum Gasteiger partial charge on any atom is -0.299 e. The van der Waals surface area contributed by atoms with Gasteiger partial charge in [0, 0.05) is 37.4 Å². The zero-order valence-electron chi connectivity index (χ0n) is 8.18. The maximum absolute atomic E-state index is 11.7. The Balaban J connectivity index is 2.99. The largest absolute Gasteiger partial charge is 0.299 e. The molecule has 0 radical (unpaired) electrons. The van der Waals surface area contributed by atoms with Crippen molar-refractivity contribution in [1.29, 1.82) is 0 Å². The van der Waals surface area contributed by atoms with Crippen LogP contribution in [0.4, 0.5) is 0 Å². The van der Waals surface area contributed by atoms with Crippen molar-refractivity contribution in [1.82, 2.24) is 0 Å². The highest BCUT2D eigenvalue weighted by Crippen LogP contribution is 2.31. The van der Waals surface area contributed by atoms with E-state index in [1.165, 1.54) is 0 Å². The van der Waals surface area contributed by atoms with Crippen molar-refractivity contribution < 1.29 is 9.55 Å². The molecule has 0 unspecified atom stereocenters. The molecule has 12 heavy (non-hydrogen) atoms. The molecule has 0 aromatic heterocycles. The molecule has 0 aromatic rings. The average Bonchev–Trinajstić information content (AvgIpc) is 1.80. The van der Waals surface area contributed by atoms with Gasteiger partial charge in [0.05, 0.1) is 12.8 Å². The van der Waals surface area contributed by atoms with Gasteiger partial charge in [-0.1, -0.05) is 0 Å². The molecule has 68 valence electrons. The van der Waals surface area contributed by atoms with E-state index in [4.69, 9.17) is 0 Å². The molecule has 0 aliphatic carbocycles. The molecule has 0 bridgehead atoms. The minimum absolute atomic E-state index is 0.192. The van der Waals surface area contributed by atoms with Crippen LogP contribution in [0.15, 0.2) is 0 Å². The van der Waals surface area contributed by atoms with E-state index in [1.54, 1.807) is 0 Å². The molecule has 1 aliphatic heterocycles. The molecule has 1 heterocycles. The second-order valence-electron chi connectivity index (χ2n) is 4.81. The number of ketones is 1. The molecule has 1 saturated heterocycles. The van der Waals surface area contributed by atoms with Crippen LogP contribution in [0.1, 0.15) is 40.5 Å². The molecule has 0 N–H and O–H groups in total. The van der Waals surface area contributed by atoms with Crippen LogP contribution in [0.3, 0.4) is 0 Å². The number of piperidine rings is 1. The van der Waals surface area contributed by atoms with Gasteiger partial charge in [-0.05, 0) is 0 Å². The molecule has 0 atom stereocenters. The van der Waals surface area contributed by atoms with Crippen LogP contribution in [-0.4, -0.2) is 21.6 Å². The normalized spacial score (nSPS) is 27.3. The predicted octanol–water partition coefficient (Wildman–Crippen LogP) is 1.69. The van der Waals surface area contributed by atoms with Crippen molar-refractivity contribution in [2.75, 3.05) is 0 Å². The van der Waals surface area contributed by atoms with Crippen molar-refractivity contribution in [3.63, 3.8) is 0 Å². The van der Waals surface area contributed by atoms with E-state index in [-0.39, 0.29) is 5.78 Å². The van der Waals surface area contributed by atoms with E-state index in [1.807, 2.05) is 27.7 Å². The smallest absolute Gasteiger partial charge is 0.212 e. The van der Waals surface area contributed by atoms with E-state index in [0.717, 1.165) is 4.76 Å². The summed E-state index contributed by atoms with van der Waals surface area (Å²) in [5, 5.41) is 0. The summed E-state index contributed by atoms with van der Waals surface area (Å²) in [5.41, 5.74) is -1.06. The van der Waals surface area contributed by atoms with Gasteiger partial charge in [-0.3, -0.25) is 4.79 Å². The summed E-state index contributed by atoms with van der Waals surface area (Å²) in [6.07, 6.45) is 0.750. The number of nitrogens with zero attached hydrogens (tertiary/aromatic N) is 1. The van der Waals surface area contributed by atoms with Gasteiger partial charge in [0.1, 0.15) is 5.78 Å². The Labute approximate surface area is 72.7 Å². The lowest BCUT2D eigenvalue weighted by atomic mass is 9.82. The summed E-state index contributed by atoms with van der Waals surface area (Å²) in [4.78, 5) is 23.0. The Morgan fingerprint density at radius 2 is 1.42 bits per heavy atom. The van der Waals surface area contributed by atoms with Crippen LogP contribution in [0.5, 0.6) is 0 Å². The van der Waals surface area contributed by atoms with Gasteiger partial charge in [0.25, 0.3) is 0 Å². The first-order valence-corrected chi connectivity index (χ1v) is 4.25. The Morgan fingerprint density at radius 1 is 1.08 bits per heavy atom. The molecular weight excluding hydrogens is 154 g/mol. The Kier molecular flexibility index (Phi) is 1.85. The zero-order valence-corrected chi connectivity index (χ0v) is 8.18. The summed E-state index contributed by atoms with van der Waals surface area (Å²) in [7, 11) is 0. The second kappa shape index (κ2) is 2.38. The molecule has 1 aliphatic rings. The van der Waals surface area contributed by atoms with Crippen molar-refractivity contribution in [2.45, 2.75) is 51.6 Å². The lowest BCUT2D eigenvalue weighted by molar-refractivity contribution is -0.685. The third kappa shape index (κ3) is 1.40. The maximum atomic E-state index is 11.7. The van der Waals surface area contributed by atoms with E-state index in [2.05, 4.69) is 0 Å². The minimum atomic E-state index is -0.529. The number of hydrogen-bond acceptors (Lipinski definition) is 2. The van der Waals surface area contributed by atoms with Crippen molar-refractivity contribution in [3.05, 3.63) is 4.91 Å². The molecule has 0 spiro atoms. The lowest BCUT2D eigenvalue weighted by Gasteiger charge is -2.30. The van der Waals surface area contributed by atoms with Gasteiger partial charge >= 0.3 is 0 Å². The van der Waals surface area contributed by atoms with Crippen molar-refractivity contribution >= 4 is 5.78 Å². The summed E-state index contributed by atoms with van der Waals surface area (Å²) < 4.78 is 1.06. The molecule has 3 nitrogen and oxygen atoms in total. The van der Waals surface area contributed by atoms with Gasteiger partial charge in [0.2, 0.25) is 11.1 Å². The van der Waals surface area contributed by atoms with Gasteiger partial charge in [-0.25, -0.2) is 0 Å². The van der Waals surface area contributed by atoms with Crippen LogP contribution in [0.2, 0.25) is 0 Å². The van der Waals surface area contributed by atoms with Gasteiger partial charge in [-0.15, -0.1) is 0 Å². The third-order valence-electron chi connectivity index (χ3n) is 2.36. The van der Waals surface area contributed by atoms with Crippen LogP contribution >= 0.6 is 0 Å². The topological polar surface area (TPSA) is 37.1 Å². The number of Topliss-reactive ketones (excluding diaryl/α,β-unsaturated/α-hetero) is 1. The summed E-state index contributed by atoms with van der Waals surface area (Å²) in [5.74, 6) is 0.192. The fourth-order valence-electron chi connectivity index (χ4n) is 1.99. The number of nitroso groups, excluding NO2 is 1. The van der Waals surface area contributed by atoms with E-state index in [9.17, 15) is 9.70 Å². The lowest BCUT2D eigenvalue weighted by Crippen LogP contribution is -2.53. The maximum Gasteiger partial charge on any atom is 0.212 e. The molecule has 0 amide bonds. The predicted molar refractivity (Wildman–Crippen MR) is 46.0 cm³/mol. The molecule has 0 aromatic carbocycles. The summed E-state index contributed by atoms with van der Waals surface area (Å²) in [6.45, 7) is 7.27. The van der Waals surface area contributed by atoms with Gasteiger partial charge in [0.15, 0.2) is 0 Å². The molecule has 3 heteroatoms. The van der Waals surface area contributed by atoms with Gasteiger partial charge < -0.3 is 0 Å². The number of rotatable bonds is 0. The molecular formula is C9H16NO2+. The number of carbonyl (C=O) groups is 1. The van der Waals surface area contributed by atoms with Crippen LogP contribution in [0, 0.1) is 4.91 Å². The van der Waals surface area contributed by atoms with Crippen LogP contribution in [0.25, 0.3) is 0 Å². The Morgan fingerprint density at radius 3 is 1.75 bits per heavy atom. The SMILES string of the molecule is CC1(C)CC(=O)CC(C)(C)[N+]1=O. The first kappa shape index (κ1) is 9.36. The average molecular weight is 170 g/mol. The second-order valence-corrected chi connectivity index (χ2v) is 4.81. The highest BCUT2D eigenvalue weighted by molar-refractivity contribution is 5.80. The number of carbonyl (C=O) groups excluding carboxylic acids is 1. The van der Waals surface area contributed by atoms with Gasteiger partial charge in [-0.2, -0.15) is 0 Å². The van der Waals surface area contributed by atoms with E-state index >= 15 is 0 Å². The van der Waals surface area contributed by atoms with Crippen LogP contribution < -0.4 is 0 Å². The standard InChI is InChI=1S/C9H16NO2/c1-8(2)5-7(11)6-9(3,4)10(8)12/h5-6H2,1-4H3/q+1. The van der Waals surface area contributed by atoms with Crippen molar-refractivity contribution in [3.8, 4) is 0 Å². The van der Waals surface area contributed by atoms with E-state index < -0.39 is 11.1 Å². The fraction of sp³-hybridized carbons (Fsp3) is 0.889. The van der Waals surface area contributed by atoms with Crippen LogP contribution in [-0.2, 0) is 4.79 Å². The highest BCUT2D eigenvalue weighted by Gasteiger charge is 2.53. The van der Waals surface area contributed by atoms with E-state index in [0.29, 0.717) is 12.8 Å². The first-order chi connectivity index (χ1) is 5.26. The third-order valence-corrected chi connectivity index (χ3v) is 2.36.